The van der Waals surface area contributed by atoms with Gasteiger partial charge >= 0.3 is 5.69 Å². The molecule has 1 fully saturated rings. The number of nitrogens with two attached hydrogens (primary N) is 1. The summed E-state index contributed by atoms with van der Waals surface area (Å²) in [7, 11) is -3.73. The number of H-pyrrole nitrogens is 2. The number of carbonyl (C=O) groups is 1. The number of nitrogens with one attached hydrogen (secondary N) is 2. The first-order valence-electron chi connectivity index (χ1n) is 5.92. The van der Waals surface area contributed by atoms with Crippen LogP contribution < -0.4 is 16.4 Å². The summed E-state index contributed by atoms with van der Waals surface area (Å²) in [6, 6.07) is 0. The Morgan fingerprint density at radius 1 is 1.40 bits per heavy atom. The molecule has 0 spiro atoms. The Hall–Kier alpha value is -1.94. The van der Waals surface area contributed by atoms with Crippen LogP contribution in [0.5, 0.6) is 0 Å². The summed E-state index contributed by atoms with van der Waals surface area (Å²) in [6.45, 7) is 0.277. The first-order valence-corrected chi connectivity index (χ1v) is 7.53. The van der Waals surface area contributed by atoms with Gasteiger partial charge in [-0.15, -0.1) is 0 Å². The van der Waals surface area contributed by atoms with E-state index in [2.05, 4.69) is 4.98 Å². The molecule has 0 aromatic carbocycles. The van der Waals surface area contributed by atoms with Crippen LogP contribution in [0.25, 0.3) is 0 Å². The standard InChI is InChI=1S/C10H14N4O5S/c11-20(18,19)6-2-1-3-14(5-6)9(16)7-4-12-10(17)13-8(7)15/h4,6H,1-3,5H2,(H2,11,18,19)(H2,12,13,15,17). The van der Waals surface area contributed by atoms with E-state index in [0.29, 0.717) is 19.4 Å². The predicted octanol–water partition coefficient (Wildman–Crippen LogP) is -2.04. The van der Waals surface area contributed by atoms with Crippen LogP contribution in [0.1, 0.15) is 23.2 Å². The molecule has 1 aromatic rings. The van der Waals surface area contributed by atoms with Crippen LogP contribution >= 0.6 is 0 Å². The molecule has 1 unspecified atom stereocenters. The molecule has 2 heterocycles. The molecule has 2 rings (SSSR count). The summed E-state index contributed by atoms with van der Waals surface area (Å²) >= 11 is 0. The van der Waals surface area contributed by atoms with E-state index in [0.717, 1.165) is 6.20 Å². The molecular weight excluding hydrogens is 288 g/mol. The van der Waals surface area contributed by atoms with Crippen LogP contribution in [0.3, 0.4) is 0 Å². The van der Waals surface area contributed by atoms with Crippen LogP contribution in [0.2, 0.25) is 0 Å². The molecule has 1 aliphatic heterocycles. The molecule has 1 saturated heterocycles. The van der Waals surface area contributed by atoms with Crippen molar-refractivity contribution in [2.45, 2.75) is 18.1 Å². The second-order valence-electron chi connectivity index (χ2n) is 4.59. The number of aromatic amines is 2. The number of primary sulfonamides is 1. The molecular formula is C10H14N4O5S. The normalized spacial score (nSPS) is 19.9. The maximum Gasteiger partial charge on any atom is 0.325 e. The molecule has 10 heteroatoms. The van der Waals surface area contributed by atoms with Crippen molar-refractivity contribution in [2.24, 2.45) is 5.14 Å². The van der Waals surface area contributed by atoms with Gasteiger partial charge in [0, 0.05) is 19.3 Å². The minimum atomic E-state index is -3.73. The van der Waals surface area contributed by atoms with Crippen LogP contribution in [0, 0.1) is 0 Å². The summed E-state index contributed by atoms with van der Waals surface area (Å²) in [5, 5.41) is 4.25. The van der Waals surface area contributed by atoms with Crippen molar-refractivity contribution in [1.29, 1.82) is 0 Å². The lowest BCUT2D eigenvalue weighted by molar-refractivity contribution is 0.0724. The fourth-order valence-corrected chi connectivity index (χ4v) is 3.01. The molecule has 1 atom stereocenters. The average Bonchev–Trinajstić information content (AvgIpc) is 2.37. The fourth-order valence-electron chi connectivity index (χ4n) is 2.13. The van der Waals surface area contributed by atoms with Gasteiger partial charge in [-0.1, -0.05) is 0 Å². The molecule has 0 radical (unpaired) electrons. The van der Waals surface area contributed by atoms with Crippen LogP contribution in [-0.2, 0) is 10.0 Å². The smallest absolute Gasteiger partial charge is 0.325 e. The van der Waals surface area contributed by atoms with Gasteiger partial charge in [0.25, 0.3) is 11.5 Å². The van der Waals surface area contributed by atoms with E-state index in [1.807, 2.05) is 4.98 Å². The van der Waals surface area contributed by atoms with Gasteiger partial charge in [0.05, 0.1) is 5.25 Å². The maximum absolute atomic E-state index is 12.2. The number of aromatic nitrogens is 2. The zero-order valence-electron chi connectivity index (χ0n) is 10.5. The van der Waals surface area contributed by atoms with Gasteiger partial charge in [0.2, 0.25) is 10.0 Å². The Bertz CT molecular complexity index is 735. The largest absolute Gasteiger partial charge is 0.337 e. The van der Waals surface area contributed by atoms with Gasteiger partial charge in [-0.2, -0.15) is 0 Å². The number of nitrogens with zero attached hydrogens (tertiary/aromatic N) is 1. The van der Waals surface area contributed by atoms with Crippen molar-refractivity contribution in [3.8, 4) is 0 Å². The van der Waals surface area contributed by atoms with Crippen LogP contribution in [0.15, 0.2) is 15.8 Å². The summed E-state index contributed by atoms with van der Waals surface area (Å²) in [4.78, 5) is 40.0. The number of carbonyl (C=O) groups excluding carboxylic acids is 1. The molecule has 1 amide bonds. The Kier molecular flexibility index (Phi) is 3.77. The van der Waals surface area contributed by atoms with E-state index >= 15 is 0 Å². The van der Waals surface area contributed by atoms with Crippen LogP contribution in [-0.4, -0.2) is 47.5 Å². The minimum Gasteiger partial charge on any atom is -0.337 e. The highest BCUT2D eigenvalue weighted by molar-refractivity contribution is 7.89. The molecule has 0 aliphatic carbocycles. The SMILES string of the molecule is NS(=O)(=O)C1CCCN(C(=O)c2c[nH]c(=O)[nH]c2=O)C1. The third-order valence-corrected chi connectivity index (χ3v) is 4.49. The van der Waals surface area contributed by atoms with Crippen molar-refractivity contribution >= 4 is 15.9 Å². The minimum absolute atomic E-state index is 0.0593. The monoisotopic (exact) mass is 302 g/mol. The Labute approximate surface area is 113 Å². The quantitative estimate of drug-likeness (QED) is 0.575. The van der Waals surface area contributed by atoms with E-state index in [9.17, 15) is 22.8 Å². The summed E-state index contributed by atoms with van der Waals surface area (Å²) < 4.78 is 22.7. The van der Waals surface area contributed by atoms with Gasteiger partial charge in [-0.05, 0) is 12.8 Å². The number of hydrogen-bond acceptors (Lipinski definition) is 5. The number of likely N-dealkylation sites (tertiary alicyclic amines) is 1. The third kappa shape index (κ3) is 2.96. The topological polar surface area (TPSA) is 146 Å². The summed E-state index contributed by atoms with van der Waals surface area (Å²) in [5.74, 6) is -0.629. The first-order chi connectivity index (χ1) is 9.29. The van der Waals surface area contributed by atoms with Gasteiger partial charge in [0.1, 0.15) is 5.56 Å². The Morgan fingerprint density at radius 3 is 2.70 bits per heavy atom. The molecule has 9 nitrogen and oxygen atoms in total. The number of rotatable bonds is 2. The fraction of sp³-hybridized carbons (Fsp3) is 0.500. The Balaban J connectivity index is 2.25. The highest BCUT2D eigenvalue weighted by atomic mass is 32.2. The molecule has 110 valence electrons. The lowest BCUT2D eigenvalue weighted by Gasteiger charge is -2.31. The third-order valence-electron chi connectivity index (χ3n) is 3.18. The van der Waals surface area contributed by atoms with Gasteiger partial charge in [-0.25, -0.2) is 18.4 Å². The zero-order chi connectivity index (χ0) is 14.9. The second-order valence-corrected chi connectivity index (χ2v) is 6.43. The van der Waals surface area contributed by atoms with Crippen LogP contribution in [0.4, 0.5) is 0 Å². The van der Waals surface area contributed by atoms with E-state index in [1.54, 1.807) is 0 Å². The summed E-state index contributed by atoms with van der Waals surface area (Å²) in [6.07, 6.45) is 1.88. The lowest BCUT2D eigenvalue weighted by Crippen LogP contribution is -2.48. The number of hydrogen-bond donors (Lipinski definition) is 3. The van der Waals surface area contributed by atoms with Gasteiger partial charge in [0.15, 0.2) is 0 Å². The molecule has 0 bridgehead atoms. The molecule has 1 aromatic heterocycles. The molecule has 0 saturated carbocycles. The summed E-state index contributed by atoms with van der Waals surface area (Å²) in [5.41, 5.74) is -1.76. The molecule has 20 heavy (non-hydrogen) atoms. The lowest BCUT2D eigenvalue weighted by atomic mass is 10.1. The van der Waals surface area contributed by atoms with E-state index in [1.165, 1.54) is 4.90 Å². The number of sulfonamides is 1. The van der Waals surface area contributed by atoms with Crippen molar-refractivity contribution in [3.63, 3.8) is 0 Å². The highest BCUT2D eigenvalue weighted by Gasteiger charge is 2.31. The van der Waals surface area contributed by atoms with Crippen molar-refractivity contribution in [3.05, 3.63) is 32.6 Å². The zero-order valence-corrected chi connectivity index (χ0v) is 11.3. The first kappa shape index (κ1) is 14.5. The second kappa shape index (κ2) is 5.21. The average molecular weight is 302 g/mol. The van der Waals surface area contributed by atoms with Gasteiger partial charge in [-0.3, -0.25) is 14.6 Å². The molecule has 1 aliphatic rings. The maximum atomic E-state index is 12.2. The number of piperidine rings is 1. The van der Waals surface area contributed by atoms with E-state index in [-0.39, 0.29) is 12.1 Å². The predicted molar refractivity (Wildman–Crippen MR) is 69.7 cm³/mol. The Morgan fingerprint density at radius 2 is 2.10 bits per heavy atom. The molecule has 4 N–H and O–H groups in total. The highest BCUT2D eigenvalue weighted by Crippen LogP contribution is 2.16. The van der Waals surface area contributed by atoms with E-state index in [4.69, 9.17) is 5.14 Å². The van der Waals surface area contributed by atoms with Crippen molar-refractivity contribution in [1.82, 2.24) is 14.9 Å². The van der Waals surface area contributed by atoms with Crippen molar-refractivity contribution in [2.75, 3.05) is 13.1 Å². The van der Waals surface area contributed by atoms with Crippen molar-refractivity contribution < 1.29 is 13.2 Å². The van der Waals surface area contributed by atoms with Gasteiger partial charge < -0.3 is 9.88 Å². The van der Waals surface area contributed by atoms with E-state index < -0.39 is 32.4 Å². The number of amides is 1.